The summed E-state index contributed by atoms with van der Waals surface area (Å²) in [5.74, 6) is -0.613. The molecule has 0 bridgehead atoms. The molecule has 0 saturated carbocycles. The first kappa shape index (κ1) is 17.0. The third kappa shape index (κ3) is 4.56. The summed E-state index contributed by atoms with van der Waals surface area (Å²) in [5.41, 5.74) is 1.32. The van der Waals surface area contributed by atoms with Crippen LogP contribution >= 0.6 is 0 Å². The van der Waals surface area contributed by atoms with Crippen molar-refractivity contribution in [2.45, 2.75) is 25.2 Å². The van der Waals surface area contributed by atoms with E-state index in [1.54, 1.807) is 24.3 Å². The minimum absolute atomic E-state index is 0.0254. The van der Waals surface area contributed by atoms with Crippen molar-refractivity contribution in [3.8, 4) is 0 Å². The highest BCUT2D eigenvalue weighted by atomic mass is 32.2. The lowest BCUT2D eigenvalue weighted by Crippen LogP contribution is -2.13. The summed E-state index contributed by atoms with van der Waals surface area (Å²) in [6.07, 6.45) is 0.883. The number of benzene rings is 2. The highest BCUT2D eigenvalue weighted by molar-refractivity contribution is 7.92. The van der Waals surface area contributed by atoms with Gasteiger partial charge in [0.05, 0.1) is 10.5 Å². The van der Waals surface area contributed by atoms with Gasteiger partial charge in [0.2, 0.25) is 0 Å². The number of carboxylic acids is 1. The molecule has 0 saturated heterocycles. The lowest BCUT2D eigenvalue weighted by molar-refractivity contribution is 0.0697. The van der Waals surface area contributed by atoms with Crippen LogP contribution in [0.2, 0.25) is 0 Å². The van der Waals surface area contributed by atoms with Crippen LogP contribution in [0.3, 0.4) is 0 Å². The summed E-state index contributed by atoms with van der Waals surface area (Å²) in [6.45, 7) is 4.20. The number of carboxylic acid groups (broad SMARTS) is 1. The SMILES string of the molecule is CC(C)Cc1ccc(S(=O)(=O)Nc2cccc(C(=O)O)c2)cc1. The predicted octanol–water partition coefficient (Wildman–Crippen LogP) is 3.38. The molecule has 6 heteroatoms. The van der Waals surface area contributed by atoms with Crippen molar-refractivity contribution < 1.29 is 18.3 Å². The van der Waals surface area contributed by atoms with Crippen LogP contribution in [0.5, 0.6) is 0 Å². The van der Waals surface area contributed by atoms with Gasteiger partial charge in [-0.3, -0.25) is 4.72 Å². The summed E-state index contributed by atoms with van der Waals surface area (Å²) in [7, 11) is -3.74. The van der Waals surface area contributed by atoms with Gasteiger partial charge in [-0.25, -0.2) is 13.2 Å². The fraction of sp³-hybridized carbons (Fsp3) is 0.235. The molecular formula is C17H19NO4S. The molecule has 0 aliphatic rings. The Bertz CT molecular complexity index is 796. The molecule has 0 amide bonds. The molecule has 2 N–H and O–H groups in total. The lowest BCUT2D eigenvalue weighted by atomic mass is 10.0. The average molecular weight is 333 g/mol. The van der Waals surface area contributed by atoms with Crippen molar-refractivity contribution >= 4 is 21.7 Å². The molecule has 2 aromatic carbocycles. The maximum atomic E-state index is 12.4. The number of hydrogen-bond acceptors (Lipinski definition) is 3. The normalized spacial score (nSPS) is 11.4. The zero-order valence-corrected chi connectivity index (χ0v) is 13.8. The summed E-state index contributed by atoms with van der Waals surface area (Å²) in [5, 5.41) is 8.95. The predicted molar refractivity (Wildman–Crippen MR) is 89.2 cm³/mol. The van der Waals surface area contributed by atoms with E-state index in [-0.39, 0.29) is 16.1 Å². The first-order chi connectivity index (χ1) is 10.8. The second kappa shape index (κ2) is 6.83. The highest BCUT2D eigenvalue weighted by Crippen LogP contribution is 2.18. The molecular weight excluding hydrogens is 314 g/mol. The Morgan fingerprint density at radius 2 is 1.78 bits per heavy atom. The third-order valence-electron chi connectivity index (χ3n) is 3.24. The van der Waals surface area contributed by atoms with E-state index in [4.69, 9.17) is 5.11 Å². The van der Waals surface area contributed by atoms with E-state index < -0.39 is 16.0 Å². The van der Waals surface area contributed by atoms with Crippen molar-refractivity contribution in [1.29, 1.82) is 0 Å². The molecule has 5 nitrogen and oxygen atoms in total. The first-order valence-electron chi connectivity index (χ1n) is 7.23. The number of sulfonamides is 1. The molecule has 2 rings (SSSR count). The van der Waals surface area contributed by atoms with Crippen LogP contribution in [0.4, 0.5) is 5.69 Å². The molecule has 2 aromatic rings. The zero-order valence-electron chi connectivity index (χ0n) is 13.0. The Labute approximate surface area is 136 Å². The van der Waals surface area contributed by atoms with Crippen LogP contribution in [-0.2, 0) is 16.4 Å². The van der Waals surface area contributed by atoms with Crippen LogP contribution in [0, 0.1) is 5.92 Å². The average Bonchev–Trinajstić information content (AvgIpc) is 2.47. The van der Waals surface area contributed by atoms with Gasteiger partial charge in [0.15, 0.2) is 0 Å². The Morgan fingerprint density at radius 1 is 1.13 bits per heavy atom. The van der Waals surface area contributed by atoms with Crippen LogP contribution < -0.4 is 4.72 Å². The maximum Gasteiger partial charge on any atom is 0.335 e. The Kier molecular flexibility index (Phi) is 5.05. The van der Waals surface area contributed by atoms with E-state index in [0.717, 1.165) is 12.0 Å². The van der Waals surface area contributed by atoms with Gasteiger partial charge in [0.1, 0.15) is 0 Å². The molecule has 0 heterocycles. The molecule has 0 atom stereocenters. The Morgan fingerprint density at radius 3 is 2.35 bits per heavy atom. The fourth-order valence-corrected chi connectivity index (χ4v) is 3.26. The van der Waals surface area contributed by atoms with E-state index in [9.17, 15) is 13.2 Å². The van der Waals surface area contributed by atoms with Crippen molar-refractivity contribution in [1.82, 2.24) is 0 Å². The number of aromatic carboxylic acids is 1. The first-order valence-corrected chi connectivity index (χ1v) is 8.71. The number of hydrogen-bond donors (Lipinski definition) is 2. The van der Waals surface area contributed by atoms with Gasteiger partial charge in [-0.1, -0.05) is 32.0 Å². The molecule has 0 unspecified atom stereocenters. The lowest BCUT2D eigenvalue weighted by Gasteiger charge is -2.10. The second-order valence-electron chi connectivity index (χ2n) is 5.73. The monoisotopic (exact) mass is 333 g/mol. The smallest absolute Gasteiger partial charge is 0.335 e. The van der Waals surface area contributed by atoms with E-state index in [2.05, 4.69) is 18.6 Å². The molecule has 0 aromatic heterocycles. The van der Waals surface area contributed by atoms with Crippen LogP contribution in [0.1, 0.15) is 29.8 Å². The molecule has 122 valence electrons. The topological polar surface area (TPSA) is 83.5 Å². The Balaban J connectivity index is 2.21. The molecule has 0 radical (unpaired) electrons. The number of anilines is 1. The summed E-state index contributed by atoms with van der Waals surface area (Å²) in [4.78, 5) is 11.1. The van der Waals surface area contributed by atoms with Gasteiger partial charge >= 0.3 is 5.97 Å². The molecule has 0 spiro atoms. The van der Waals surface area contributed by atoms with Gasteiger partial charge in [0.25, 0.3) is 10.0 Å². The molecule has 0 fully saturated rings. The second-order valence-corrected chi connectivity index (χ2v) is 7.42. The van der Waals surface area contributed by atoms with Gasteiger partial charge in [0, 0.05) is 5.69 Å². The standard InChI is InChI=1S/C17H19NO4S/c1-12(2)10-13-6-8-16(9-7-13)23(21,22)18-15-5-3-4-14(11-15)17(19)20/h3-9,11-12,18H,10H2,1-2H3,(H,19,20). The van der Waals surface area contributed by atoms with Crippen LogP contribution in [-0.4, -0.2) is 19.5 Å². The molecule has 23 heavy (non-hydrogen) atoms. The van der Waals surface area contributed by atoms with E-state index >= 15 is 0 Å². The largest absolute Gasteiger partial charge is 0.478 e. The molecule has 0 aliphatic heterocycles. The molecule has 0 aliphatic carbocycles. The van der Waals surface area contributed by atoms with E-state index in [1.807, 2.05) is 0 Å². The summed E-state index contributed by atoms with van der Waals surface area (Å²) >= 11 is 0. The summed E-state index contributed by atoms with van der Waals surface area (Å²) in [6, 6.07) is 12.4. The van der Waals surface area contributed by atoms with Gasteiger partial charge in [-0.2, -0.15) is 0 Å². The minimum Gasteiger partial charge on any atom is -0.478 e. The van der Waals surface area contributed by atoms with Crippen LogP contribution in [0.15, 0.2) is 53.4 Å². The van der Waals surface area contributed by atoms with E-state index in [0.29, 0.717) is 5.92 Å². The van der Waals surface area contributed by atoms with Crippen molar-refractivity contribution in [2.24, 2.45) is 5.92 Å². The van der Waals surface area contributed by atoms with Crippen molar-refractivity contribution in [3.63, 3.8) is 0 Å². The summed E-state index contributed by atoms with van der Waals surface area (Å²) < 4.78 is 27.1. The van der Waals surface area contributed by atoms with Gasteiger partial charge < -0.3 is 5.11 Å². The minimum atomic E-state index is -3.74. The zero-order chi connectivity index (χ0) is 17.0. The maximum absolute atomic E-state index is 12.4. The van der Waals surface area contributed by atoms with Crippen LogP contribution in [0.25, 0.3) is 0 Å². The van der Waals surface area contributed by atoms with Gasteiger partial charge in [-0.15, -0.1) is 0 Å². The Hall–Kier alpha value is -2.34. The number of rotatable bonds is 6. The number of carbonyl (C=O) groups is 1. The number of nitrogens with one attached hydrogen (secondary N) is 1. The van der Waals surface area contributed by atoms with Crippen molar-refractivity contribution in [3.05, 3.63) is 59.7 Å². The third-order valence-corrected chi connectivity index (χ3v) is 4.64. The quantitative estimate of drug-likeness (QED) is 0.849. The van der Waals surface area contributed by atoms with Gasteiger partial charge in [-0.05, 0) is 48.2 Å². The van der Waals surface area contributed by atoms with Crippen molar-refractivity contribution in [2.75, 3.05) is 4.72 Å². The fourth-order valence-electron chi connectivity index (χ4n) is 2.21. The highest BCUT2D eigenvalue weighted by Gasteiger charge is 2.15. The van der Waals surface area contributed by atoms with E-state index in [1.165, 1.54) is 24.3 Å².